The molecule has 0 aliphatic carbocycles. The predicted molar refractivity (Wildman–Crippen MR) is 85.0 cm³/mol. The van der Waals surface area contributed by atoms with Crippen molar-refractivity contribution in [1.82, 2.24) is 20.2 Å². The first-order chi connectivity index (χ1) is 11.3. The van der Waals surface area contributed by atoms with E-state index in [1.165, 1.54) is 11.8 Å². The maximum atomic E-state index is 12.2. The molecule has 0 aliphatic heterocycles. The maximum Gasteiger partial charge on any atom is 0.389 e. The van der Waals surface area contributed by atoms with Crippen molar-refractivity contribution in [2.75, 3.05) is 5.75 Å². The third kappa shape index (κ3) is 6.12. The SMILES string of the molecule is C[C@](O)(CCCC(F)(F)F)CCSc1nnnn1-c1ccccc1. The van der Waals surface area contributed by atoms with E-state index in [1.807, 2.05) is 30.3 Å². The molecular weight excluding hydrogens is 341 g/mol. The molecule has 0 saturated carbocycles. The first-order valence-corrected chi connectivity index (χ1v) is 8.51. The first kappa shape index (κ1) is 18.7. The summed E-state index contributed by atoms with van der Waals surface area (Å²) in [5.74, 6) is 0.506. The van der Waals surface area contributed by atoms with Crippen LogP contribution in [0.2, 0.25) is 0 Å². The number of para-hydroxylation sites is 1. The van der Waals surface area contributed by atoms with Crippen LogP contribution in [0.3, 0.4) is 0 Å². The summed E-state index contributed by atoms with van der Waals surface area (Å²) in [6, 6.07) is 9.37. The zero-order chi connectivity index (χ0) is 17.6. The Hall–Kier alpha value is -1.61. The standard InChI is InChI=1S/C15H19F3N4OS/c1-14(23,8-5-9-15(16,17)18)10-11-24-13-19-20-21-22(13)12-6-3-2-4-7-12/h2-4,6-7,23H,5,8-11H2,1H3/t14-/m0/s1. The maximum absolute atomic E-state index is 12.2. The first-order valence-electron chi connectivity index (χ1n) is 7.53. The van der Waals surface area contributed by atoms with E-state index in [4.69, 9.17) is 0 Å². The second kappa shape index (κ2) is 7.98. The van der Waals surface area contributed by atoms with Gasteiger partial charge in [-0.1, -0.05) is 30.0 Å². The van der Waals surface area contributed by atoms with Crippen molar-refractivity contribution in [2.45, 2.75) is 49.5 Å². The van der Waals surface area contributed by atoms with Gasteiger partial charge in [0, 0.05) is 12.2 Å². The molecule has 0 bridgehead atoms. The number of rotatable bonds is 8. The predicted octanol–water partition coefficient (Wildman–Crippen LogP) is 3.63. The van der Waals surface area contributed by atoms with E-state index in [-0.39, 0.29) is 12.8 Å². The van der Waals surface area contributed by atoms with Gasteiger partial charge in [-0.2, -0.15) is 17.9 Å². The van der Waals surface area contributed by atoms with Crippen LogP contribution < -0.4 is 0 Å². The van der Waals surface area contributed by atoms with E-state index in [1.54, 1.807) is 11.6 Å². The van der Waals surface area contributed by atoms with Gasteiger partial charge in [-0.3, -0.25) is 0 Å². The summed E-state index contributed by atoms with van der Waals surface area (Å²) in [4.78, 5) is 0. The Balaban J connectivity index is 1.83. The molecule has 132 valence electrons. The van der Waals surface area contributed by atoms with E-state index in [0.717, 1.165) is 5.69 Å². The van der Waals surface area contributed by atoms with Gasteiger partial charge in [-0.05, 0) is 48.7 Å². The number of thioether (sulfide) groups is 1. The smallest absolute Gasteiger partial charge is 0.389 e. The summed E-state index contributed by atoms with van der Waals surface area (Å²) in [7, 11) is 0. The summed E-state index contributed by atoms with van der Waals surface area (Å²) in [6.45, 7) is 1.56. The van der Waals surface area contributed by atoms with Crippen molar-refractivity contribution < 1.29 is 18.3 Å². The molecule has 9 heteroatoms. The van der Waals surface area contributed by atoms with E-state index >= 15 is 0 Å². The van der Waals surface area contributed by atoms with Crippen molar-refractivity contribution in [2.24, 2.45) is 0 Å². The minimum Gasteiger partial charge on any atom is -0.390 e. The topological polar surface area (TPSA) is 63.8 Å². The molecule has 2 aromatic rings. The fourth-order valence-corrected chi connectivity index (χ4v) is 3.24. The van der Waals surface area contributed by atoms with Gasteiger partial charge in [0.25, 0.3) is 0 Å². The Labute approximate surface area is 142 Å². The monoisotopic (exact) mass is 360 g/mol. The van der Waals surface area contributed by atoms with Gasteiger partial charge in [0.15, 0.2) is 0 Å². The van der Waals surface area contributed by atoms with Gasteiger partial charge < -0.3 is 5.11 Å². The lowest BCUT2D eigenvalue weighted by Gasteiger charge is -2.23. The number of nitrogens with zero attached hydrogens (tertiary/aromatic N) is 4. The Bertz CT molecular complexity index is 631. The average molecular weight is 360 g/mol. The van der Waals surface area contributed by atoms with E-state index in [2.05, 4.69) is 15.5 Å². The molecule has 1 aromatic heterocycles. The Kier molecular flexibility index (Phi) is 6.22. The van der Waals surface area contributed by atoms with Gasteiger partial charge >= 0.3 is 6.18 Å². The van der Waals surface area contributed by atoms with Crippen LogP contribution in [0, 0.1) is 0 Å². The van der Waals surface area contributed by atoms with Gasteiger partial charge in [0.05, 0.1) is 11.3 Å². The molecule has 0 amide bonds. The summed E-state index contributed by atoms with van der Waals surface area (Å²) in [5, 5.41) is 22.3. The number of aliphatic hydroxyl groups is 1. The quantitative estimate of drug-likeness (QED) is 0.729. The summed E-state index contributed by atoms with van der Waals surface area (Å²) >= 11 is 1.36. The van der Waals surface area contributed by atoms with Crippen molar-refractivity contribution >= 4 is 11.8 Å². The van der Waals surface area contributed by atoms with Gasteiger partial charge in [0.2, 0.25) is 5.16 Å². The van der Waals surface area contributed by atoms with E-state index in [9.17, 15) is 18.3 Å². The summed E-state index contributed by atoms with van der Waals surface area (Å²) in [6.07, 6.45) is -4.66. The van der Waals surface area contributed by atoms with Crippen LogP contribution in [-0.4, -0.2) is 42.8 Å². The molecule has 0 spiro atoms. The van der Waals surface area contributed by atoms with Crippen LogP contribution in [0.25, 0.3) is 5.69 Å². The lowest BCUT2D eigenvalue weighted by Crippen LogP contribution is -2.25. The zero-order valence-electron chi connectivity index (χ0n) is 13.2. The fraction of sp³-hybridized carbons (Fsp3) is 0.533. The molecule has 0 aliphatic rings. The number of aromatic nitrogens is 4. The lowest BCUT2D eigenvalue weighted by molar-refractivity contribution is -0.137. The Morgan fingerprint density at radius 1 is 1.12 bits per heavy atom. The van der Waals surface area contributed by atoms with Crippen molar-refractivity contribution in [3.05, 3.63) is 30.3 Å². The van der Waals surface area contributed by atoms with Gasteiger partial charge in [0.1, 0.15) is 0 Å². The highest BCUT2D eigenvalue weighted by atomic mass is 32.2. The number of alkyl halides is 3. The summed E-state index contributed by atoms with van der Waals surface area (Å²) < 4.78 is 38.1. The number of halogens is 3. The van der Waals surface area contributed by atoms with E-state index in [0.29, 0.717) is 17.3 Å². The molecule has 1 N–H and O–H groups in total. The van der Waals surface area contributed by atoms with Crippen LogP contribution in [0.4, 0.5) is 13.2 Å². The number of hydrogen-bond acceptors (Lipinski definition) is 5. The molecule has 1 aromatic carbocycles. The number of tetrazole rings is 1. The third-order valence-corrected chi connectivity index (χ3v) is 4.41. The van der Waals surface area contributed by atoms with Gasteiger partial charge in [-0.25, -0.2) is 0 Å². The van der Waals surface area contributed by atoms with Crippen LogP contribution in [0.5, 0.6) is 0 Å². The molecule has 24 heavy (non-hydrogen) atoms. The lowest BCUT2D eigenvalue weighted by atomic mass is 9.96. The average Bonchev–Trinajstić information content (AvgIpc) is 2.95. The van der Waals surface area contributed by atoms with Crippen molar-refractivity contribution in [1.29, 1.82) is 0 Å². The van der Waals surface area contributed by atoms with Crippen LogP contribution in [0.15, 0.2) is 35.5 Å². The van der Waals surface area contributed by atoms with Gasteiger partial charge in [-0.15, -0.1) is 5.10 Å². The third-order valence-electron chi connectivity index (χ3n) is 3.49. The number of hydrogen-bond donors (Lipinski definition) is 1. The molecule has 0 radical (unpaired) electrons. The van der Waals surface area contributed by atoms with Crippen LogP contribution in [-0.2, 0) is 0 Å². The minimum absolute atomic E-state index is 0.0804. The molecular formula is C15H19F3N4OS. The Morgan fingerprint density at radius 3 is 2.50 bits per heavy atom. The van der Waals surface area contributed by atoms with Crippen molar-refractivity contribution in [3.8, 4) is 5.69 Å². The highest BCUT2D eigenvalue weighted by molar-refractivity contribution is 7.99. The van der Waals surface area contributed by atoms with Crippen LogP contribution >= 0.6 is 11.8 Å². The fourth-order valence-electron chi connectivity index (χ4n) is 2.16. The molecule has 2 rings (SSSR count). The highest BCUT2D eigenvalue weighted by Crippen LogP contribution is 2.28. The van der Waals surface area contributed by atoms with Crippen molar-refractivity contribution in [3.63, 3.8) is 0 Å². The summed E-state index contributed by atoms with van der Waals surface area (Å²) in [5.41, 5.74) is -0.314. The molecule has 0 saturated heterocycles. The normalized spacial score (nSPS) is 14.5. The van der Waals surface area contributed by atoms with E-state index < -0.39 is 18.2 Å². The zero-order valence-corrected chi connectivity index (χ0v) is 14.0. The molecule has 1 atom stereocenters. The second-order valence-electron chi connectivity index (χ2n) is 5.77. The van der Waals surface area contributed by atoms with Crippen LogP contribution in [0.1, 0.15) is 32.6 Å². The minimum atomic E-state index is -4.18. The Morgan fingerprint density at radius 2 is 1.83 bits per heavy atom. The molecule has 5 nitrogen and oxygen atoms in total. The molecule has 1 heterocycles. The highest BCUT2D eigenvalue weighted by Gasteiger charge is 2.29. The molecule has 0 fully saturated rings. The number of benzene rings is 1. The molecule has 0 unspecified atom stereocenters. The second-order valence-corrected chi connectivity index (χ2v) is 6.84. The largest absolute Gasteiger partial charge is 0.390 e.